The molecule has 2 N–H and O–H groups in total. The molecule has 0 saturated carbocycles. The lowest BCUT2D eigenvalue weighted by Gasteiger charge is -2.26. The summed E-state index contributed by atoms with van der Waals surface area (Å²) >= 11 is 1.96. The van der Waals surface area contributed by atoms with Crippen LogP contribution in [0.2, 0.25) is 0 Å². The molecule has 0 atom stereocenters. The van der Waals surface area contributed by atoms with Gasteiger partial charge in [0.05, 0.1) is 11.5 Å². The molecule has 0 amide bonds. The van der Waals surface area contributed by atoms with E-state index in [4.69, 9.17) is 5.26 Å². The highest BCUT2D eigenvalue weighted by atomic mass is 32.2. The summed E-state index contributed by atoms with van der Waals surface area (Å²) in [6.45, 7) is 5.26. The molecule has 2 heterocycles. The van der Waals surface area contributed by atoms with Crippen LogP contribution in [0.15, 0.2) is 0 Å². The Morgan fingerprint density at radius 1 is 1.21 bits per heavy atom. The maximum Gasteiger partial charge on any atom is 0.0687 e. The third-order valence-corrected chi connectivity index (χ3v) is 3.51. The molecule has 2 aliphatic heterocycles. The minimum Gasteiger partial charge on any atom is -0.317 e. The van der Waals surface area contributed by atoms with E-state index in [9.17, 15) is 0 Å². The first-order valence-electron chi connectivity index (χ1n) is 5.17. The van der Waals surface area contributed by atoms with Gasteiger partial charge in [0.25, 0.3) is 0 Å². The highest BCUT2D eigenvalue weighted by Crippen LogP contribution is 2.25. The molecule has 80 valence electrons. The van der Waals surface area contributed by atoms with E-state index in [-0.39, 0.29) is 5.41 Å². The molecule has 2 fully saturated rings. The summed E-state index contributed by atoms with van der Waals surface area (Å²) in [6, 6.07) is 2.34. The van der Waals surface area contributed by atoms with Crippen molar-refractivity contribution in [2.24, 2.45) is 5.41 Å². The van der Waals surface area contributed by atoms with Gasteiger partial charge in [-0.15, -0.1) is 11.8 Å². The molecule has 0 aromatic heterocycles. The molecule has 2 aliphatic rings. The van der Waals surface area contributed by atoms with Crippen molar-refractivity contribution < 1.29 is 0 Å². The van der Waals surface area contributed by atoms with E-state index in [1.54, 1.807) is 0 Å². The number of rotatable bonds is 0. The number of nitrogens with zero attached hydrogens (tertiary/aromatic N) is 1. The van der Waals surface area contributed by atoms with Crippen LogP contribution in [0.3, 0.4) is 0 Å². The molecule has 0 aromatic carbocycles. The minimum absolute atomic E-state index is 0.0365. The fourth-order valence-corrected chi connectivity index (χ4v) is 2.17. The molecule has 2 saturated heterocycles. The Hall–Kier alpha value is -0.240. The zero-order valence-electron chi connectivity index (χ0n) is 8.81. The van der Waals surface area contributed by atoms with Crippen molar-refractivity contribution >= 4 is 11.8 Å². The van der Waals surface area contributed by atoms with Crippen LogP contribution in [0.4, 0.5) is 0 Å². The van der Waals surface area contributed by atoms with Crippen molar-refractivity contribution in [2.75, 3.05) is 31.3 Å². The van der Waals surface area contributed by atoms with Crippen molar-refractivity contribution in [1.82, 2.24) is 10.6 Å². The minimum atomic E-state index is -0.0365. The smallest absolute Gasteiger partial charge is 0.0687 e. The van der Waals surface area contributed by atoms with Gasteiger partial charge < -0.3 is 10.6 Å². The van der Waals surface area contributed by atoms with E-state index in [1.165, 1.54) is 18.2 Å². The number of hydrogen-bond acceptors (Lipinski definition) is 4. The van der Waals surface area contributed by atoms with Gasteiger partial charge in [-0.2, -0.15) is 5.26 Å². The average molecular weight is 213 g/mol. The molecule has 0 unspecified atom stereocenters. The molecular weight excluding hydrogens is 194 g/mol. The van der Waals surface area contributed by atoms with Crippen molar-refractivity contribution in [3.05, 3.63) is 0 Å². The predicted octanol–water partition coefficient (Wildman–Crippen LogP) is 1.18. The number of piperidine rings is 1. The highest BCUT2D eigenvalue weighted by molar-refractivity contribution is 7.99. The molecule has 0 aromatic rings. The average Bonchev–Trinajstić information content (AvgIpc) is 2.77. The van der Waals surface area contributed by atoms with E-state index in [0.717, 1.165) is 25.9 Å². The van der Waals surface area contributed by atoms with Gasteiger partial charge in [0, 0.05) is 18.2 Å². The Morgan fingerprint density at radius 2 is 1.93 bits per heavy atom. The maximum absolute atomic E-state index is 8.67. The number of nitriles is 1. The van der Waals surface area contributed by atoms with Gasteiger partial charge in [0.2, 0.25) is 0 Å². The van der Waals surface area contributed by atoms with Gasteiger partial charge >= 0.3 is 0 Å². The Balaban J connectivity index is 0.000000165. The molecule has 0 aliphatic carbocycles. The monoisotopic (exact) mass is 213 g/mol. The van der Waals surface area contributed by atoms with E-state index in [2.05, 4.69) is 16.7 Å². The van der Waals surface area contributed by atoms with E-state index in [1.807, 2.05) is 18.7 Å². The molecule has 0 spiro atoms. The van der Waals surface area contributed by atoms with Gasteiger partial charge in [0.15, 0.2) is 0 Å². The van der Waals surface area contributed by atoms with Crippen molar-refractivity contribution in [3.8, 4) is 6.07 Å². The lowest BCUT2D eigenvalue weighted by Crippen LogP contribution is -2.33. The Kier molecular flexibility index (Phi) is 5.31. The Labute approximate surface area is 90.6 Å². The first kappa shape index (κ1) is 11.8. The maximum atomic E-state index is 8.67. The topological polar surface area (TPSA) is 47.9 Å². The fraction of sp³-hybridized carbons (Fsp3) is 0.900. The summed E-state index contributed by atoms with van der Waals surface area (Å²) in [5, 5.41) is 15.1. The third-order valence-electron chi connectivity index (χ3n) is 2.60. The SMILES string of the molecule is C1CSCN1.CC1(C#N)CCNCC1. The van der Waals surface area contributed by atoms with Gasteiger partial charge in [-0.1, -0.05) is 0 Å². The number of thioether (sulfide) groups is 1. The summed E-state index contributed by atoms with van der Waals surface area (Å²) in [6.07, 6.45) is 2.01. The second-order valence-corrected chi connectivity index (χ2v) is 5.08. The molecule has 0 bridgehead atoms. The summed E-state index contributed by atoms with van der Waals surface area (Å²) in [5.74, 6) is 2.47. The van der Waals surface area contributed by atoms with Crippen LogP contribution in [0, 0.1) is 16.7 Å². The second-order valence-electron chi connectivity index (χ2n) is 3.98. The van der Waals surface area contributed by atoms with E-state index in [0.29, 0.717) is 0 Å². The lowest BCUT2D eigenvalue weighted by atomic mass is 9.83. The van der Waals surface area contributed by atoms with Crippen LogP contribution in [0.5, 0.6) is 0 Å². The number of hydrogen-bond donors (Lipinski definition) is 2. The van der Waals surface area contributed by atoms with Crippen LogP contribution < -0.4 is 10.6 Å². The lowest BCUT2D eigenvalue weighted by molar-refractivity contribution is 0.312. The largest absolute Gasteiger partial charge is 0.317 e. The van der Waals surface area contributed by atoms with Gasteiger partial charge in [0.1, 0.15) is 0 Å². The first-order valence-corrected chi connectivity index (χ1v) is 6.33. The van der Waals surface area contributed by atoms with Crippen LogP contribution >= 0.6 is 11.8 Å². The van der Waals surface area contributed by atoms with Crippen LogP contribution in [-0.2, 0) is 0 Å². The second kappa shape index (κ2) is 6.28. The zero-order chi connectivity index (χ0) is 10.3. The van der Waals surface area contributed by atoms with Crippen molar-refractivity contribution in [1.29, 1.82) is 5.26 Å². The normalized spacial score (nSPS) is 24.6. The first-order chi connectivity index (χ1) is 6.77. The van der Waals surface area contributed by atoms with Crippen LogP contribution in [-0.4, -0.2) is 31.3 Å². The Morgan fingerprint density at radius 3 is 2.21 bits per heavy atom. The van der Waals surface area contributed by atoms with Gasteiger partial charge in [-0.05, 0) is 32.9 Å². The van der Waals surface area contributed by atoms with Crippen molar-refractivity contribution in [2.45, 2.75) is 19.8 Å². The molecule has 2 rings (SSSR count). The summed E-state index contributed by atoms with van der Waals surface area (Å²) in [5.41, 5.74) is -0.0365. The zero-order valence-corrected chi connectivity index (χ0v) is 9.62. The van der Waals surface area contributed by atoms with E-state index >= 15 is 0 Å². The molecule has 3 nitrogen and oxygen atoms in total. The fourth-order valence-electron chi connectivity index (χ4n) is 1.45. The molecule has 14 heavy (non-hydrogen) atoms. The third kappa shape index (κ3) is 4.32. The van der Waals surface area contributed by atoms with E-state index < -0.39 is 0 Å². The Bertz CT molecular complexity index is 182. The predicted molar refractivity (Wildman–Crippen MR) is 61.2 cm³/mol. The quantitative estimate of drug-likeness (QED) is 0.634. The number of nitrogens with one attached hydrogen (secondary N) is 2. The van der Waals surface area contributed by atoms with Crippen LogP contribution in [0.1, 0.15) is 19.8 Å². The molecule has 0 radical (unpaired) electrons. The van der Waals surface area contributed by atoms with Gasteiger partial charge in [-0.3, -0.25) is 0 Å². The van der Waals surface area contributed by atoms with Gasteiger partial charge in [-0.25, -0.2) is 0 Å². The van der Waals surface area contributed by atoms with Crippen LogP contribution in [0.25, 0.3) is 0 Å². The molecule has 4 heteroatoms. The summed E-state index contributed by atoms with van der Waals surface area (Å²) < 4.78 is 0. The summed E-state index contributed by atoms with van der Waals surface area (Å²) in [4.78, 5) is 0. The summed E-state index contributed by atoms with van der Waals surface area (Å²) in [7, 11) is 0. The van der Waals surface area contributed by atoms with Crippen molar-refractivity contribution in [3.63, 3.8) is 0 Å². The standard InChI is InChI=1S/C7H12N2.C3H7NS/c1-7(6-8)2-4-9-5-3-7;1-2-5-3-4-1/h9H,2-5H2,1H3;4H,1-3H2. The molecular formula is C10H19N3S. The highest BCUT2D eigenvalue weighted by Gasteiger charge is 2.25.